The number of hydrogen-bond acceptors (Lipinski definition) is 5. The SMILES string of the molecule is Cc1nn(Cc2ccc(F)cc2Cl)c(C)c1NC(=O)c1c([N+](=O)[O-])cnn1C. The van der Waals surface area contributed by atoms with E-state index in [1.54, 1.807) is 24.6 Å². The van der Waals surface area contributed by atoms with Crippen LogP contribution in [-0.4, -0.2) is 30.4 Å². The van der Waals surface area contributed by atoms with E-state index in [0.717, 1.165) is 10.9 Å². The fourth-order valence-corrected chi connectivity index (χ4v) is 3.07. The van der Waals surface area contributed by atoms with E-state index < -0.39 is 16.6 Å². The Morgan fingerprint density at radius 2 is 2.11 bits per heavy atom. The Morgan fingerprint density at radius 3 is 2.75 bits per heavy atom. The first kappa shape index (κ1) is 19.5. The first-order valence-electron chi connectivity index (χ1n) is 8.14. The molecular weight excluding hydrogens is 391 g/mol. The Hall–Kier alpha value is -3.27. The minimum Gasteiger partial charge on any atom is -0.317 e. The van der Waals surface area contributed by atoms with Crippen LogP contribution in [0, 0.1) is 29.8 Å². The molecule has 0 saturated carbocycles. The van der Waals surface area contributed by atoms with Crippen molar-refractivity contribution in [3.05, 3.63) is 68.0 Å². The highest BCUT2D eigenvalue weighted by Gasteiger charge is 2.27. The van der Waals surface area contributed by atoms with Crippen molar-refractivity contribution in [3.63, 3.8) is 0 Å². The van der Waals surface area contributed by atoms with E-state index in [9.17, 15) is 19.3 Å². The summed E-state index contributed by atoms with van der Waals surface area (Å²) in [6, 6.07) is 4.08. The fourth-order valence-electron chi connectivity index (χ4n) is 2.84. The smallest absolute Gasteiger partial charge is 0.317 e. The van der Waals surface area contributed by atoms with Crippen LogP contribution in [0.15, 0.2) is 24.4 Å². The Labute approximate surface area is 163 Å². The normalized spacial score (nSPS) is 10.9. The maximum Gasteiger partial charge on any atom is 0.320 e. The highest BCUT2D eigenvalue weighted by atomic mass is 35.5. The van der Waals surface area contributed by atoms with E-state index in [1.807, 2.05) is 0 Å². The number of halogens is 2. The number of aryl methyl sites for hydroxylation is 2. The largest absolute Gasteiger partial charge is 0.320 e. The monoisotopic (exact) mass is 406 g/mol. The zero-order valence-corrected chi connectivity index (χ0v) is 16.0. The molecule has 28 heavy (non-hydrogen) atoms. The van der Waals surface area contributed by atoms with E-state index in [2.05, 4.69) is 15.5 Å². The molecule has 2 heterocycles. The molecule has 11 heteroatoms. The van der Waals surface area contributed by atoms with Crippen molar-refractivity contribution in [1.82, 2.24) is 19.6 Å². The van der Waals surface area contributed by atoms with Gasteiger partial charge in [0, 0.05) is 12.1 Å². The number of benzene rings is 1. The molecule has 3 rings (SSSR count). The van der Waals surface area contributed by atoms with Crippen molar-refractivity contribution >= 4 is 28.9 Å². The minimum atomic E-state index is -0.669. The second-order valence-electron chi connectivity index (χ2n) is 6.15. The number of aromatic nitrogens is 4. The molecule has 0 atom stereocenters. The lowest BCUT2D eigenvalue weighted by Crippen LogP contribution is -2.18. The highest BCUT2D eigenvalue weighted by molar-refractivity contribution is 6.31. The number of amides is 1. The van der Waals surface area contributed by atoms with Crippen LogP contribution in [0.4, 0.5) is 15.8 Å². The van der Waals surface area contributed by atoms with Gasteiger partial charge in [0.25, 0.3) is 5.91 Å². The van der Waals surface area contributed by atoms with Gasteiger partial charge < -0.3 is 5.32 Å². The molecule has 0 aliphatic carbocycles. The average Bonchev–Trinajstić information content (AvgIpc) is 3.12. The van der Waals surface area contributed by atoms with Crippen LogP contribution in [0.2, 0.25) is 5.02 Å². The van der Waals surface area contributed by atoms with Crippen LogP contribution < -0.4 is 5.32 Å². The van der Waals surface area contributed by atoms with Gasteiger partial charge in [-0.15, -0.1) is 0 Å². The van der Waals surface area contributed by atoms with Crippen LogP contribution in [-0.2, 0) is 13.6 Å². The van der Waals surface area contributed by atoms with Gasteiger partial charge in [-0.25, -0.2) is 4.39 Å². The van der Waals surface area contributed by atoms with Gasteiger partial charge in [-0.05, 0) is 31.5 Å². The van der Waals surface area contributed by atoms with E-state index in [-0.39, 0.29) is 22.9 Å². The zero-order chi connectivity index (χ0) is 20.6. The topological polar surface area (TPSA) is 108 Å². The predicted molar refractivity (Wildman–Crippen MR) is 100 cm³/mol. The molecule has 0 aliphatic heterocycles. The molecule has 1 aromatic carbocycles. The summed E-state index contributed by atoms with van der Waals surface area (Å²) >= 11 is 6.07. The third-order valence-electron chi connectivity index (χ3n) is 4.29. The number of nitrogens with one attached hydrogen (secondary N) is 1. The van der Waals surface area contributed by atoms with Gasteiger partial charge in [-0.1, -0.05) is 17.7 Å². The number of anilines is 1. The maximum absolute atomic E-state index is 13.2. The molecule has 2 aromatic heterocycles. The van der Waals surface area contributed by atoms with E-state index in [4.69, 9.17) is 11.6 Å². The van der Waals surface area contributed by atoms with E-state index >= 15 is 0 Å². The Kier molecular flexibility index (Phi) is 5.14. The predicted octanol–water partition coefficient (Wildman–Crippen LogP) is 3.23. The quantitative estimate of drug-likeness (QED) is 0.517. The second kappa shape index (κ2) is 7.39. The number of carbonyl (C=O) groups is 1. The van der Waals surface area contributed by atoms with Crippen LogP contribution in [0.1, 0.15) is 27.4 Å². The summed E-state index contributed by atoms with van der Waals surface area (Å²) in [6.07, 6.45) is 1.02. The van der Waals surface area contributed by atoms with Crippen LogP contribution in [0.3, 0.4) is 0 Å². The fraction of sp³-hybridized carbons (Fsp3) is 0.235. The number of hydrogen-bond donors (Lipinski definition) is 1. The van der Waals surface area contributed by atoms with Gasteiger partial charge in [0.15, 0.2) is 0 Å². The molecular formula is C17H16ClFN6O3. The second-order valence-corrected chi connectivity index (χ2v) is 6.56. The Bertz CT molecular complexity index is 1090. The third kappa shape index (κ3) is 3.58. The first-order valence-corrected chi connectivity index (χ1v) is 8.52. The van der Waals surface area contributed by atoms with E-state index in [1.165, 1.54) is 19.2 Å². The standard InChI is InChI=1S/C17H16ClFN6O3/c1-9-15(21-17(26)16-14(25(27)28)7-20-23(16)3)10(2)24(22-9)8-11-4-5-12(19)6-13(11)18/h4-7H,8H2,1-3H3,(H,21,26). The minimum absolute atomic E-state index is 0.168. The van der Waals surface area contributed by atoms with Crippen molar-refractivity contribution in [3.8, 4) is 0 Å². The molecule has 146 valence electrons. The number of rotatable bonds is 5. The summed E-state index contributed by atoms with van der Waals surface area (Å²) in [5.41, 5.74) is 1.68. The van der Waals surface area contributed by atoms with Gasteiger partial charge in [0.2, 0.25) is 5.69 Å². The molecule has 1 N–H and O–H groups in total. The first-order chi connectivity index (χ1) is 13.2. The number of carbonyl (C=O) groups excluding carboxylic acids is 1. The van der Waals surface area contributed by atoms with Crippen molar-refractivity contribution in [2.24, 2.45) is 7.05 Å². The average molecular weight is 407 g/mol. The maximum atomic E-state index is 13.2. The molecule has 0 saturated heterocycles. The lowest BCUT2D eigenvalue weighted by atomic mass is 10.2. The highest BCUT2D eigenvalue weighted by Crippen LogP contribution is 2.25. The molecule has 0 fully saturated rings. The van der Waals surface area contributed by atoms with Crippen LogP contribution >= 0.6 is 11.6 Å². The van der Waals surface area contributed by atoms with Gasteiger partial charge in [0.1, 0.15) is 12.0 Å². The molecule has 0 radical (unpaired) electrons. The number of nitrogens with zero attached hydrogens (tertiary/aromatic N) is 5. The molecule has 0 aliphatic rings. The van der Waals surface area contributed by atoms with Crippen molar-refractivity contribution in [2.45, 2.75) is 20.4 Å². The van der Waals surface area contributed by atoms with E-state index in [0.29, 0.717) is 22.6 Å². The zero-order valence-electron chi connectivity index (χ0n) is 15.2. The molecule has 9 nitrogen and oxygen atoms in total. The van der Waals surface area contributed by atoms with Gasteiger partial charge >= 0.3 is 5.69 Å². The molecule has 0 bridgehead atoms. The van der Waals surface area contributed by atoms with Gasteiger partial charge in [0.05, 0.1) is 28.5 Å². The summed E-state index contributed by atoms with van der Waals surface area (Å²) in [5.74, 6) is -1.11. The van der Waals surface area contributed by atoms with Crippen molar-refractivity contribution < 1.29 is 14.1 Å². The molecule has 0 unspecified atom stereocenters. The molecule has 3 aromatic rings. The molecule has 0 spiro atoms. The van der Waals surface area contributed by atoms with Crippen molar-refractivity contribution in [1.29, 1.82) is 0 Å². The summed E-state index contributed by atoms with van der Waals surface area (Å²) in [7, 11) is 1.45. The molecule has 1 amide bonds. The summed E-state index contributed by atoms with van der Waals surface area (Å²) in [4.78, 5) is 23.0. The summed E-state index contributed by atoms with van der Waals surface area (Å²) in [6.45, 7) is 3.71. The summed E-state index contributed by atoms with van der Waals surface area (Å²) < 4.78 is 16.0. The lowest BCUT2D eigenvalue weighted by molar-refractivity contribution is -0.385. The number of nitro groups is 1. The third-order valence-corrected chi connectivity index (χ3v) is 4.64. The lowest BCUT2D eigenvalue weighted by Gasteiger charge is -2.08. The van der Waals surface area contributed by atoms with Gasteiger partial charge in [-0.3, -0.25) is 24.3 Å². The summed E-state index contributed by atoms with van der Waals surface area (Å²) in [5, 5.41) is 22.2. The van der Waals surface area contributed by atoms with Crippen LogP contribution in [0.25, 0.3) is 0 Å². The van der Waals surface area contributed by atoms with Crippen LogP contribution in [0.5, 0.6) is 0 Å². The Morgan fingerprint density at radius 1 is 1.39 bits per heavy atom. The van der Waals surface area contributed by atoms with Crippen molar-refractivity contribution in [2.75, 3.05) is 5.32 Å². The van der Waals surface area contributed by atoms with Gasteiger partial charge in [-0.2, -0.15) is 10.2 Å². The Balaban J connectivity index is 1.89.